The van der Waals surface area contributed by atoms with E-state index in [1.807, 2.05) is 0 Å². The van der Waals surface area contributed by atoms with Crippen LogP contribution in [0.5, 0.6) is 0 Å². The lowest BCUT2D eigenvalue weighted by atomic mass is 10.2. The summed E-state index contributed by atoms with van der Waals surface area (Å²) in [6.45, 7) is 0.219. The number of nitrogens with one attached hydrogen (secondary N) is 1. The Kier molecular flexibility index (Phi) is 3.00. The Morgan fingerprint density at radius 3 is 2.94 bits per heavy atom. The van der Waals surface area contributed by atoms with Gasteiger partial charge in [-0.25, -0.2) is 4.39 Å². The van der Waals surface area contributed by atoms with Crippen molar-refractivity contribution in [1.29, 1.82) is 0 Å². The van der Waals surface area contributed by atoms with Gasteiger partial charge >= 0.3 is 0 Å². The number of aromatic nitrogens is 4. The van der Waals surface area contributed by atoms with E-state index in [1.54, 1.807) is 19.2 Å². The molecule has 1 N–H and O–H groups in total. The van der Waals surface area contributed by atoms with Crippen molar-refractivity contribution in [2.45, 2.75) is 6.54 Å². The van der Waals surface area contributed by atoms with E-state index in [9.17, 15) is 4.39 Å². The number of nitrogens with zero attached hydrogens (tertiary/aromatic N) is 4. The van der Waals surface area contributed by atoms with Gasteiger partial charge in [0.1, 0.15) is 5.82 Å². The first-order chi connectivity index (χ1) is 7.66. The lowest BCUT2D eigenvalue weighted by molar-refractivity contribution is 0.612. The third-order valence-electron chi connectivity index (χ3n) is 1.99. The van der Waals surface area contributed by atoms with Gasteiger partial charge in [0, 0.05) is 17.1 Å². The lowest BCUT2D eigenvalue weighted by Gasteiger charge is -2.05. The predicted octanol–water partition coefficient (Wildman–Crippen LogP) is 1.61. The fourth-order valence-corrected chi connectivity index (χ4v) is 1.45. The van der Waals surface area contributed by atoms with Gasteiger partial charge in [0.2, 0.25) is 0 Å². The zero-order valence-corrected chi connectivity index (χ0v) is 9.24. The summed E-state index contributed by atoms with van der Waals surface area (Å²) in [5, 5.41) is 14.5. The molecule has 0 radical (unpaired) electrons. The summed E-state index contributed by atoms with van der Waals surface area (Å²) >= 11 is 5.86. The number of aryl methyl sites for hydroxylation is 1. The van der Waals surface area contributed by atoms with E-state index in [1.165, 1.54) is 10.9 Å². The van der Waals surface area contributed by atoms with E-state index < -0.39 is 0 Å². The van der Waals surface area contributed by atoms with E-state index in [2.05, 4.69) is 20.7 Å². The Labute approximate surface area is 96.2 Å². The molecule has 1 aromatic heterocycles. The number of rotatable bonds is 3. The summed E-state index contributed by atoms with van der Waals surface area (Å²) in [5.74, 6) is -0.0225. The van der Waals surface area contributed by atoms with Crippen LogP contribution in [0.2, 0.25) is 5.02 Å². The highest BCUT2D eigenvalue weighted by atomic mass is 35.5. The molecule has 1 aromatic carbocycles. The zero-order chi connectivity index (χ0) is 11.5. The number of hydrogen-bond acceptors (Lipinski definition) is 4. The van der Waals surface area contributed by atoms with Crippen molar-refractivity contribution in [1.82, 2.24) is 20.2 Å². The molecule has 2 aromatic rings. The van der Waals surface area contributed by atoms with Gasteiger partial charge in [-0.3, -0.25) is 0 Å². The largest absolute Gasteiger partial charge is 0.347 e. The van der Waals surface area contributed by atoms with Gasteiger partial charge in [-0.2, -0.15) is 4.80 Å². The smallest absolute Gasteiger partial charge is 0.263 e. The highest BCUT2D eigenvalue weighted by Gasteiger charge is 2.07. The molecular weight excluding hydrogens is 233 g/mol. The van der Waals surface area contributed by atoms with Crippen LogP contribution >= 0.6 is 11.6 Å². The van der Waals surface area contributed by atoms with Crippen LogP contribution in [0, 0.1) is 5.82 Å². The normalized spacial score (nSPS) is 10.4. The van der Waals surface area contributed by atoms with Crippen LogP contribution in [0.25, 0.3) is 0 Å². The first kappa shape index (κ1) is 10.8. The van der Waals surface area contributed by atoms with Crippen molar-refractivity contribution in [2.24, 2.45) is 7.05 Å². The summed E-state index contributed by atoms with van der Waals surface area (Å²) in [5.41, 5.74) is 0.386. The first-order valence-corrected chi connectivity index (χ1v) is 4.95. The third-order valence-corrected chi connectivity index (χ3v) is 2.35. The molecule has 7 heteroatoms. The Morgan fingerprint density at radius 2 is 2.31 bits per heavy atom. The van der Waals surface area contributed by atoms with Gasteiger partial charge in [-0.1, -0.05) is 22.8 Å². The average Bonchev–Trinajstić information content (AvgIpc) is 2.63. The molecule has 0 aliphatic carbocycles. The number of hydrogen-bond donors (Lipinski definition) is 1. The fourth-order valence-electron chi connectivity index (χ4n) is 1.22. The second-order valence-electron chi connectivity index (χ2n) is 3.16. The average molecular weight is 242 g/mol. The zero-order valence-electron chi connectivity index (χ0n) is 8.48. The molecule has 0 fully saturated rings. The van der Waals surface area contributed by atoms with Gasteiger partial charge in [0.05, 0.1) is 7.05 Å². The fraction of sp³-hybridized carbons (Fsp3) is 0.222. The molecule has 0 saturated heterocycles. The van der Waals surface area contributed by atoms with Crippen molar-refractivity contribution < 1.29 is 4.39 Å². The van der Waals surface area contributed by atoms with Crippen LogP contribution in [-0.4, -0.2) is 20.2 Å². The molecule has 0 spiro atoms. The maximum atomic E-state index is 13.4. The predicted molar refractivity (Wildman–Crippen MR) is 57.5 cm³/mol. The van der Waals surface area contributed by atoms with Crippen molar-refractivity contribution >= 4 is 17.5 Å². The van der Waals surface area contributed by atoms with Gasteiger partial charge in [-0.15, -0.1) is 5.10 Å². The second kappa shape index (κ2) is 4.44. The maximum Gasteiger partial charge on any atom is 0.263 e. The standard InChI is InChI=1S/C9H9ClFN5/c1-16-14-9(13-15-16)12-5-6-7(10)3-2-4-8(6)11/h2-4H,5H2,1H3,(H,12,14). The Balaban J connectivity index is 2.10. The molecule has 16 heavy (non-hydrogen) atoms. The molecule has 0 aliphatic heterocycles. The number of tetrazole rings is 1. The van der Waals surface area contributed by atoms with Crippen LogP contribution in [0.4, 0.5) is 10.3 Å². The van der Waals surface area contributed by atoms with Gasteiger partial charge in [0.25, 0.3) is 5.95 Å². The molecule has 0 bridgehead atoms. The van der Waals surface area contributed by atoms with Crippen molar-refractivity contribution in [3.63, 3.8) is 0 Å². The van der Waals surface area contributed by atoms with Crippen molar-refractivity contribution in [2.75, 3.05) is 5.32 Å². The minimum atomic E-state index is -0.358. The van der Waals surface area contributed by atoms with E-state index in [-0.39, 0.29) is 12.4 Å². The lowest BCUT2D eigenvalue weighted by Crippen LogP contribution is -2.04. The van der Waals surface area contributed by atoms with Gasteiger partial charge in [0.15, 0.2) is 0 Å². The highest BCUT2D eigenvalue weighted by molar-refractivity contribution is 6.31. The molecule has 0 amide bonds. The summed E-state index contributed by atoms with van der Waals surface area (Å²) in [7, 11) is 1.65. The van der Waals surface area contributed by atoms with Gasteiger partial charge in [-0.05, 0) is 17.3 Å². The molecule has 1 heterocycles. The highest BCUT2D eigenvalue weighted by Crippen LogP contribution is 2.19. The quantitative estimate of drug-likeness (QED) is 0.887. The van der Waals surface area contributed by atoms with E-state index in [4.69, 9.17) is 11.6 Å². The molecule has 84 valence electrons. The SMILES string of the molecule is Cn1nnc(NCc2c(F)cccc2Cl)n1. The second-order valence-corrected chi connectivity index (χ2v) is 3.56. The van der Waals surface area contributed by atoms with Crippen molar-refractivity contribution in [3.05, 3.63) is 34.6 Å². The minimum Gasteiger partial charge on any atom is -0.347 e. The Hall–Kier alpha value is -1.69. The van der Waals surface area contributed by atoms with Crippen molar-refractivity contribution in [3.8, 4) is 0 Å². The van der Waals surface area contributed by atoms with Crippen LogP contribution in [-0.2, 0) is 13.6 Å². The Bertz CT molecular complexity index is 478. The topological polar surface area (TPSA) is 55.6 Å². The number of benzene rings is 1. The monoisotopic (exact) mass is 241 g/mol. The molecule has 0 aliphatic rings. The van der Waals surface area contributed by atoms with Crippen LogP contribution in [0.15, 0.2) is 18.2 Å². The van der Waals surface area contributed by atoms with E-state index in [0.717, 1.165) is 0 Å². The van der Waals surface area contributed by atoms with Crippen LogP contribution < -0.4 is 5.32 Å². The molecular formula is C9H9ClFN5. The van der Waals surface area contributed by atoms with Gasteiger partial charge < -0.3 is 5.32 Å². The molecule has 5 nitrogen and oxygen atoms in total. The van der Waals surface area contributed by atoms with Crippen LogP contribution in [0.3, 0.4) is 0 Å². The molecule has 0 atom stereocenters. The third kappa shape index (κ3) is 2.27. The number of halogens is 2. The maximum absolute atomic E-state index is 13.4. The summed E-state index contributed by atoms with van der Waals surface area (Å²) in [4.78, 5) is 1.31. The molecule has 2 rings (SSSR count). The number of anilines is 1. The summed E-state index contributed by atoms with van der Waals surface area (Å²) < 4.78 is 13.4. The minimum absolute atomic E-state index is 0.219. The summed E-state index contributed by atoms with van der Waals surface area (Å²) in [6.07, 6.45) is 0. The van der Waals surface area contributed by atoms with E-state index >= 15 is 0 Å². The Morgan fingerprint density at radius 1 is 1.50 bits per heavy atom. The van der Waals surface area contributed by atoms with Crippen LogP contribution in [0.1, 0.15) is 5.56 Å². The molecule has 0 unspecified atom stereocenters. The first-order valence-electron chi connectivity index (χ1n) is 4.57. The molecule has 0 saturated carbocycles. The summed E-state index contributed by atoms with van der Waals surface area (Å²) in [6, 6.07) is 4.54. The van der Waals surface area contributed by atoms with E-state index in [0.29, 0.717) is 16.5 Å².